The second-order valence-corrected chi connectivity index (χ2v) is 7.19. The van der Waals surface area contributed by atoms with Gasteiger partial charge in [-0.15, -0.1) is 0 Å². The predicted molar refractivity (Wildman–Crippen MR) is 98.3 cm³/mol. The summed E-state index contributed by atoms with van der Waals surface area (Å²) in [5, 5.41) is 18.9. The van der Waals surface area contributed by atoms with Crippen LogP contribution >= 0.6 is 0 Å². The van der Waals surface area contributed by atoms with E-state index in [9.17, 15) is 19.8 Å². The molecule has 0 atom stereocenters. The van der Waals surface area contributed by atoms with E-state index in [0.717, 1.165) is 38.5 Å². The molecule has 142 valence electrons. The Kier molecular flexibility index (Phi) is 13.7. The lowest BCUT2D eigenvalue weighted by atomic mass is 9.75. The molecule has 0 bridgehead atoms. The third-order valence-corrected chi connectivity index (χ3v) is 4.96. The van der Waals surface area contributed by atoms with Crippen LogP contribution in [0.4, 0.5) is 0 Å². The van der Waals surface area contributed by atoms with Crippen LogP contribution in [0.15, 0.2) is 0 Å². The van der Waals surface area contributed by atoms with Crippen LogP contribution in [-0.4, -0.2) is 22.2 Å². The number of carboxylic acids is 2. The molecule has 0 saturated heterocycles. The van der Waals surface area contributed by atoms with E-state index in [0.29, 0.717) is 12.8 Å². The molecule has 24 heavy (non-hydrogen) atoms. The van der Waals surface area contributed by atoms with Crippen molar-refractivity contribution in [3.8, 4) is 0 Å². The number of rotatable bonds is 17. The lowest BCUT2D eigenvalue weighted by Gasteiger charge is -2.28. The maximum absolute atomic E-state index is 11.8. The van der Waals surface area contributed by atoms with E-state index >= 15 is 0 Å². The first-order valence-corrected chi connectivity index (χ1v) is 9.93. The van der Waals surface area contributed by atoms with Crippen molar-refractivity contribution in [3.63, 3.8) is 0 Å². The molecule has 4 heteroatoms. The summed E-state index contributed by atoms with van der Waals surface area (Å²) in [6.45, 7) is 4.34. The minimum atomic E-state index is -1.07. The molecule has 0 fully saturated rings. The van der Waals surface area contributed by atoms with Crippen LogP contribution in [-0.2, 0) is 9.59 Å². The Balaban J connectivity index is 4.41. The second kappa shape index (κ2) is 14.3. The fourth-order valence-electron chi connectivity index (χ4n) is 3.37. The SMILES string of the molecule is CCCCCCCCC(CCCCCCCC)(CC(=O)O)C(=O)O. The lowest BCUT2D eigenvalue weighted by molar-refractivity contribution is -0.157. The molecule has 0 aromatic heterocycles. The minimum absolute atomic E-state index is 0.244. The third-order valence-electron chi connectivity index (χ3n) is 4.96. The zero-order chi connectivity index (χ0) is 18.3. The Labute approximate surface area is 148 Å². The Morgan fingerprint density at radius 3 is 1.38 bits per heavy atom. The fourth-order valence-corrected chi connectivity index (χ4v) is 3.37. The largest absolute Gasteiger partial charge is 0.481 e. The molecule has 0 amide bonds. The van der Waals surface area contributed by atoms with Gasteiger partial charge in [0.05, 0.1) is 11.8 Å². The molecule has 0 unspecified atom stereocenters. The van der Waals surface area contributed by atoms with E-state index in [1.807, 2.05) is 0 Å². The van der Waals surface area contributed by atoms with Crippen LogP contribution in [0, 0.1) is 5.41 Å². The lowest BCUT2D eigenvalue weighted by Crippen LogP contribution is -2.33. The Morgan fingerprint density at radius 2 is 1.04 bits per heavy atom. The normalized spacial score (nSPS) is 11.6. The molecule has 2 N–H and O–H groups in total. The van der Waals surface area contributed by atoms with Gasteiger partial charge >= 0.3 is 11.9 Å². The molecular formula is C20H38O4. The summed E-state index contributed by atoms with van der Waals surface area (Å²) in [5.41, 5.74) is -1.07. The molecule has 0 aliphatic heterocycles. The highest BCUT2D eigenvalue weighted by Gasteiger charge is 2.39. The topological polar surface area (TPSA) is 74.6 Å². The number of hydrogen-bond acceptors (Lipinski definition) is 2. The zero-order valence-electron chi connectivity index (χ0n) is 15.8. The monoisotopic (exact) mass is 342 g/mol. The summed E-state index contributed by atoms with van der Waals surface area (Å²) in [4.78, 5) is 23.0. The second-order valence-electron chi connectivity index (χ2n) is 7.19. The van der Waals surface area contributed by atoms with Gasteiger partial charge in [-0.2, -0.15) is 0 Å². The number of hydrogen-bond donors (Lipinski definition) is 2. The maximum atomic E-state index is 11.8. The van der Waals surface area contributed by atoms with E-state index in [1.165, 1.54) is 38.5 Å². The van der Waals surface area contributed by atoms with Crippen LogP contribution < -0.4 is 0 Å². The van der Waals surface area contributed by atoms with Crippen molar-refractivity contribution >= 4 is 11.9 Å². The van der Waals surface area contributed by atoms with Crippen molar-refractivity contribution in [1.82, 2.24) is 0 Å². The molecule has 0 spiro atoms. The first kappa shape index (κ1) is 22.9. The molecule has 0 aromatic carbocycles. The summed E-state index contributed by atoms with van der Waals surface area (Å²) < 4.78 is 0. The highest BCUT2D eigenvalue weighted by atomic mass is 16.4. The third kappa shape index (κ3) is 10.7. The Bertz CT molecular complexity index is 323. The molecule has 0 aliphatic rings. The van der Waals surface area contributed by atoms with E-state index in [-0.39, 0.29) is 6.42 Å². The number of carbonyl (C=O) groups is 2. The van der Waals surface area contributed by atoms with Crippen LogP contribution in [0.5, 0.6) is 0 Å². The van der Waals surface area contributed by atoms with Crippen LogP contribution in [0.25, 0.3) is 0 Å². The molecule has 0 heterocycles. The van der Waals surface area contributed by atoms with Gasteiger partial charge in [0, 0.05) is 0 Å². The molecular weight excluding hydrogens is 304 g/mol. The summed E-state index contributed by atoms with van der Waals surface area (Å²) in [5.74, 6) is -1.92. The Hall–Kier alpha value is -1.06. The van der Waals surface area contributed by atoms with Crippen molar-refractivity contribution in [2.24, 2.45) is 5.41 Å². The summed E-state index contributed by atoms with van der Waals surface area (Å²) in [7, 11) is 0. The van der Waals surface area contributed by atoms with E-state index < -0.39 is 17.4 Å². The molecule has 0 aromatic rings. The quantitative estimate of drug-likeness (QED) is 0.316. The highest BCUT2D eigenvalue weighted by Crippen LogP contribution is 2.36. The van der Waals surface area contributed by atoms with E-state index in [2.05, 4.69) is 13.8 Å². The van der Waals surface area contributed by atoms with Gasteiger partial charge in [-0.05, 0) is 12.8 Å². The number of unbranched alkanes of at least 4 members (excludes halogenated alkanes) is 10. The first-order chi connectivity index (χ1) is 11.5. The average Bonchev–Trinajstić information content (AvgIpc) is 2.53. The zero-order valence-corrected chi connectivity index (χ0v) is 15.8. The fraction of sp³-hybridized carbons (Fsp3) is 0.900. The van der Waals surface area contributed by atoms with E-state index in [1.54, 1.807) is 0 Å². The minimum Gasteiger partial charge on any atom is -0.481 e. The predicted octanol–water partition coefficient (Wildman–Crippen LogP) is 6.03. The molecule has 0 radical (unpaired) electrons. The highest BCUT2D eigenvalue weighted by molar-refractivity contribution is 5.81. The molecule has 4 nitrogen and oxygen atoms in total. The van der Waals surface area contributed by atoms with Gasteiger partial charge in [0.25, 0.3) is 0 Å². The van der Waals surface area contributed by atoms with Crippen molar-refractivity contribution < 1.29 is 19.8 Å². The van der Waals surface area contributed by atoms with Gasteiger partial charge in [-0.3, -0.25) is 9.59 Å². The number of carboxylic acid groups (broad SMARTS) is 2. The summed E-state index contributed by atoms with van der Waals surface area (Å²) in [6, 6.07) is 0. The van der Waals surface area contributed by atoms with Gasteiger partial charge in [0.15, 0.2) is 0 Å². The van der Waals surface area contributed by atoms with Gasteiger partial charge in [-0.25, -0.2) is 0 Å². The van der Waals surface area contributed by atoms with Crippen molar-refractivity contribution in [1.29, 1.82) is 0 Å². The van der Waals surface area contributed by atoms with Gasteiger partial charge in [-0.1, -0.05) is 90.9 Å². The summed E-state index contributed by atoms with van der Waals surface area (Å²) >= 11 is 0. The van der Waals surface area contributed by atoms with E-state index in [4.69, 9.17) is 0 Å². The van der Waals surface area contributed by atoms with Crippen LogP contribution in [0.1, 0.15) is 110 Å². The first-order valence-electron chi connectivity index (χ1n) is 9.93. The number of aliphatic carboxylic acids is 2. The standard InChI is InChI=1S/C20H38O4/c1-3-5-7-9-11-13-15-20(19(23)24,17-18(21)22)16-14-12-10-8-6-4-2/h3-17H2,1-2H3,(H,21,22)(H,23,24). The summed E-state index contributed by atoms with van der Waals surface area (Å²) in [6.07, 6.45) is 13.8. The van der Waals surface area contributed by atoms with Gasteiger partial charge in [0.2, 0.25) is 0 Å². The molecule has 0 saturated carbocycles. The van der Waals surface area contributed by atoms with Crippen LogP contribution in [0.3, 0.4) is 0 Å². The average molecular weight is 343 g/mol. The van der Waals surface area contributed by atoms with Gasteiger partial charge < -0.3 is 10.2 Å². The van der Waals surface area contributed by atoms with Crippen molar-refractivity contribution in [2.45, 2.75) is 110 Å². The van der Waals surface area contributed by atoms with Crippen LogP contribution in [0.2, 0.25) is 0 Å². The van der Waals surface area contributed by atoms with Crippen molar-refractivity contribution in [2.75, 3.05) is 0 Å². The van der Waals surface area contributed by atoms with Crippen molar-refractivity contribution in [3.05, 3.63) is 0 Å². The molecule has 0 aliphatic carbocycles. The van der Waals surface area contributed by atoms with Gasteiger partial charge in [0.1, 0.15) is 0 Å². The smallest absolute Gasteiger partial charge is 0.310 e. The molecule has 0 rings (SSSR count). The Morgan fingerprint density at radius 1 is 0.667 bits per heavy atom. The maximum Gasteiger partial charge on any atom is 0.310 e.